The van der Waals surface area contributed by atoms with Gasteiger partial charge < -0.3 is 0 Å². The van der Waals surface area contributed by atoms with Crippen molar-refractivity contribution in [1.82, 2.24) is 0 Å². The molecule has 0 spiro atoms. The minimum Gasteiger partial charge on any atom is -0.294 e. The molecule has 0 aromatic heterocycles. The molecule has 0 aliphatic heterocycles. The Morgan fingerprint density at radius 2 is 1.93 bits per heavy atom. The van der Waals surface area contributed by atoms with Gasteiger partial charge in [0.15, 0.2) is 5.78 Å². The molecule has 15 heavy (non-hydrogen) atoms. The van der Waals surface area contributed by atoms with E-state index in [4.69, 9.17) is 0 Å². The van der Waals surface area contributed by atoms with Crippen LogP contribution in [0.1, 0.15) is 37.0 Å². The molecule has 0 radical (unpaired) electrons. The molecule has 0 amide bonds. The van der Waals surface area contributed by atoms with Gasteiger partial charge in [0.25, 0.3) is 0 Å². The lowest BCUT2D eigenvalue weighted by atomic mass is 9.93. The summed E-state index contributed by atoms with van der Waals surface area (Å²) < 4.78 is 13.7. The first-order valence-electron chi connectivity index (χ1n) is 5.08. The van der Waals surface area contributed by atoms with Crippen LogP contribution in [0.3, 0.4) is 0 Å². The second-order valence-electron chi connectivity index (χ2n) is 3.54. The molecule has 0 aliphatic carbocycles. The van der Waals surface area contributed by atoms with E-state index >= 15 is 0 Å². The first kappa shape index (κ1) is 12.4. The Bertz CT molecular complexity index is 338. The Morgan fingerprint density at radius 1 is 1.33 bits per heavy atom. The van der Waals surface area contributed by atoms with Gasteiger partial charge in [0.2, 0.25) is 0 Å². The van der Waals surface area contributed by atoms with Crippen molar-refractivity contribution in [2.75, 3.05) is 0 Å². The third-order valence-electron chi connectivity index (χ3n) is 2.50. The molecule has 0 atom stereocenters. The van der Waals surface area contributed by atoms with Gasteiger partial charge in [0, 0.05) is 16.0 Å². The number of hydrogen-bond acceptors (Lipinski definition) is 1. The Balaban J connectivity index is 3.00. The highest BCUT2D eigenvalue weighted by atomic mass is 79.9. The fourth-order valence-electron chi connectivity index (χ4n) is 1.59. The maximum atomic E-state index is 13.1. The van der Waals surface area contributed by atoms with Gasteiger partial charge in [-0.15, -0.1) is 0 Å². The highest BCUT2D eigenvalue weighted by molar-refractivity contribution is 9.10. The molecule has 1 aromatic carbocycles. The second-order valence-corrected chi connectivity index (χ2v) is 4.45. The predicted octanol–water partition coefficient (Wildman–Crippen LogP) is 4.21. The number of ketones is 1. The summed E-state index contributed by atoms with van der Waals surface area (Å²) in [5.74, 6) is -0.349. The summed E-state index contributed by atoms with van der Waals surface area (Å²) in [4.78, 5) is 11.9. The Morgan fingerprint density at radius 3 is 2.40 bits per heavy atom. The summed E-state index contributed by atoms with van der Waals surface area (Å²) in [5.41, 5.74) is 0.454. The van der Waals surface area contributed by atoms with Gasteiger partial charge in [-0.2, -0.15) is 0 Å². The summed E-state index contributed by atoms with van der Waals surface area (Å²) in [6, 6.07) is 4.32. The van der Waals surface area contributed by atoms with E-state index in [2.05, 4.69) is 15.9 Å². The van der Waals surface area contributed by atoms with Crippen LogP contribution in [0, 0.1) is 11.7 Å². The predicted molar refractivity (Wildman–Crippen MR) is 62.5 cm³/mol. The fourth-order valence-corrected chi connectivity index (χ4v) is 2.06. The van der Waals surface area contributed by atoms with Crippen molar-refractivity contribution < 1.29 is 9.18 Å². The number of carbonyl (C=O) groups is 1. The Hall–Kier alpha value is -0.700. The summed E-state index contributed by atoms with van der Waals surface area (Å²) in [6.45, 7) is 3.95. The number of benzene rings is 1. The molecule has 1 rings (SSSR count). The van der Waals surface area contributed by atoms with E-state index in [1.165, 1.54) is 12.1 Å². The molecule has 0 saturated carbocycles. The second kappa shape index (κ2) is 5.40. The van der Waals surface area contributed by atoms with Crippen molar-refractivity contribution in [2.45, 2.75) is 26.7 Å². The topological polar surface area (TPSA) is 17.1 Å². The normalized spacial score (nSPS) is 10.7. The third kappa shape index (κ3) is 3.13. The van der Waals surface area contributed by atoms with Gasteiger partial charge in [0.1, 0.15) is 5.82 Å². The van der Waals surface area contributed by atoms with Crippen molar-refractivity contribution in [3.8, 4) is 0 Å². The average molecular weight is 273 g/mol. The van der Waals surface area contributed by atoms with Crippen LogP contribution in [-0.2, 0) is 0 Å². The van der Waals surface area contributed by atoms with Gasteiger partial charge in [-0.1, -0.05) is 29.8 Å². The Kier molecular flexibility index (Phi) is 4.45. The molecular weight excluding hydrogens is 259 g/mol. The lowest BCUT2D eigenvalue weighted by molar-refractivity contribution is 0.0913. The van der Waals surface area contributed by atoms with Gasteiger partial charge in [-0.3, -0.25) is 4.79 Å². The average Bonchev–Trinajstić information content (AvgIpc) is 2.18. The van der Waals surface area contributed by atoms with Crippen molar-refractivity contribution in [2.24, 2.45) is 5.92 Å². The number of Topliss-reactive ketones (excluding diaryl/α,β-unsaturated/α-hetero) is 1. The maximum absolute atomic E-state index is 13.1. The minimum atomic E-state index is -0.376. The van der Waals surface area contributed by atoms with E-state index < -0.39 is 0 Å². The summed E-state index contributed by atoms with van der Waals surface area (Å²) >= 11 is 3.18. The number of carbonyl (C=O) groups excluding carboxylic acids is 1. The van der Waals surface area contributed by atoms with Crippen LogP contribution >= 0.6 is 15.9 Å². The van der Waals surface area contributed by atoms with Crippen LogP contribution in [0.5, 0.6) is 0 Å². The zero-order chi connectivity index (χ0) is 11.4. The van der Waals surface area contributed by atoms with Crippen LogP contribution in [0.25, 0.3) is 0 Å². The lowest BCUT2D eigenvalue weighted by Crippen LogP contribution is -2.13. The van der Waals surface area contributed by atoms with Gasteiger partial charge in [-0.25, -0.2) is 4.39 Å². The van der Waals surface area contributed by atoms with E-state index in [1.807, 2.05) is 13.8 Å². The van der Waals surface area contributed by atoms with Gasteiger partial charge in [0.05, 0.1) is 0 Å². The fraction of sp³-hybridized carbons (Fsp3) is 0.417. The molecule has 3 heteroatoms. The van der Waals surface area contributed by atoms with Crippen molar-refractivity contribution >= 4 is 21.7 Å². The molecule has 1 nitrogen and oxygen atoms in total. The number of rotatable bonds is 4. The van der Waals surface area contributed by atoms with Crippen LogP contribution in [0.2, 0.25) is 0 Å². The Labute approximate surface area is 97.8 Å². The zero-order valence-corrected chi connectivity index (χ0v) is 10.5. The molecule has 0 fully saturated rings. The van der Waals surface area contributed by atoms with Crippen molar-refractivity contribution in [3.63, 3.8) is 0 Å². The first-order chi connectivity index (χ1) is 7.08. The minimum absolute atomic E-state index is 0.00120. The van der Waals surface area contributed by atoms with E-state index in [-0.39, 0.29) is 17.5 Å². The standard InChI is InChI=1S/C12H14BrFO/c1-3-8(4-2)12(15)9-5-10(13)7-11(14)6-9/h5-8H,3-4H2,1-2H3. The quantitative estimate of drug-likeness (QED) is 0.751. The monoisotopic (exact) mass is 272 g/mol. The third-order valence-corrected chi connectivity index (χ3v) is 2.96. The molecular formula is C12H14BrFO. The summed E-state index contributed by atoms with van der Waals surface area (Å²) in [5, 5.41) is 0. The van der Waals surface area contributed by atoms with Crippen LogP contribution in [-0.4, -0.2) is 5.78 Å². The SMILES string of the molecule is CCC(CC)C(=O)c1cc(F)cc(Br)c1. The molecule has 1 aromatic rings. The van der Waals surface area contributed by atoms with Crippen molar-refractivity contribution in [1.29, 1.82) is 0 Å². The maximum Gasteiger partial charge on any atom is 0.166 e. The van der Waals surface area contributed by atoms with Gasteiger partial charge >= 0.3 is 0 Å². The highest BCUT2D eigenvalue weighted by Gasteiger charge is 2.17. The summed E-state index contributed by atoms with van der Waals surface area (Å²) in [6.07, 6.45) is 1.59. The van der Waals surface area contributed by atoms with Crippen LogP contribution in [0.15, 0.2) is 22.7 Å². The summed E-state index contributed by atoms with van der Waals surface area (Å²) in [7, 11) is 0. The molecule has 0 aliphatic rings. The molecule has 0 heterocycles. The molecule has 0 saturated heterocycles. The van der Waals surface area contributed by atoms with E-state index in [1.54, 1.807) is 6.07 Å². The largest absolute Gasteiger partial charge is 0.294 e. The van der Waals surface area contributed by atoms with E-state index in [9.17, 15) is 9.18 Å². The van der Waals surface area contributed by atoms with Crippen molar-refractivity contribution in [3.05, 3.63) is 34.1 Å². The van der Waals surface area contributed by atoms with Crippen LogP contribution in [0.4, 0.5) is 4.39 Å². The molecule has 0 unspecified atom stereocenters. The van der Waals surface area contributed by atoms with Gasteiger partial charge in [-0.05, 0) is 31.0 Å². The zero-order valence-electron chi connectivity index (χ0n) is 8.89. The first-order valence-corrected chi connectivity index (χ1v) is 5.88. The molecule has 0 bridgehead atoms. The number of halogens is 2. The van der Waals surface area contributed by atoms with Crippen LogP contribution < -0.4 is 0 Å². The lowest BCUT2D eigenvalue weighted by Gasteiger charge is -2.11. The molecule has 82 valence electrons. The number of hydrogen-bond donors (Lipinski definition) is 0. The molecule has 0 N–H and O–H groups in total. The highest BCUT2D eigenvalue weighted by Crippen LogP contribution is 2.20. The van der Waals surface area contributed by atoms with E-state index in [0.29, 0.717) is 10.0 Å². The smallest absolute Gasteiger partial charge is 0.166 e. The van der Waals surface area contributed by atoms with E-state index in [0.717, 1.165) is 12.8 Å².